The molecule has 0 aliphatic rings. The minimum atomic E-state index is -1.08. The Labute approximate surface area is 125 Å². The molecule has 1 rings (SSSR count). The highest BCUT2D eigenvalue weighted by molar-refractivity contribution is 5.80. The number of hydrogen-bond donors (Lipinski definition) is 2. The van der Waals surface area contributed by atoms with Gasteiger partial charge in [0.1, 0.15) is 11.6 Å². The second-order valence-corrected chi connectivity index (χ2v) is 6.24. The van der Waals surface area contributed by atoms with Crippen LogP contribution in [0.3, 0.4) is 0 Å². The number of ether oxygens (including phenoxy) is 1. The van der Waals surface area contributed by atoms with Crippen LogP contribution >= 0.6 is 0 Å². The van der Waals surface area contributed by atoms with E-state index in [1.54, 1.807) is 20.8 Å². The van der Waals surface area contributed by atoms with E-state index < -0.39 is 23.7 Å². The van der Waals surface area contributed by atoms with Crippen molar-refractivity contribution in [2.75, 3.05) is 0 Å². The normalized spacial score (nSPS) is 12.6. The summed E-state index contributed by atoms with van der Waals surface area (Å²) in [7, 11) is 0. The Morgan fingerprint density at radius 2 is 1.71 bits per heavy atom. The maximum Gasteiger partial charge on any atom is 0.408 e. The van der Waals surface area contributed by atoms with Crippen molar-refractivity contribution in [3.05, 3.63) is 34.9 Å². The van der Waals surface area contributed by atoms with Crippen LogP contribution in [0, 0.1) is 13.8 Å². The second-order valence-electron chi connectivity index (χ2n) is 6.24. The molecule has 5 heteroatoms. The molecule has 0 radical (unpaired) electrons. The fourth-order valence-electron chi connectivity index (χ4n) is 2.07. The number of nitrogens with one attached hydrogen (secondary N) is 1. The van der Waals surface area contributed by atoms with E-state index in [0.29, 0.717) is 0 Å². The quantitative estimate of drug-likeness (QED) is 0.895. The highest BCUT2D eigenvalue weighted by Gasteiger charge is 2.24. The third kappa shape index (κ3) is 6.29. The van der Waals surface area contributed by atoms with Crippen LogP contribution in [0.2, 0.25) is 0 Å². The van der Waals surface area contributed by atoms with Crippen molar-refractivity contribution in [3.8, 4) is 0 Å². The number of alkyl carbamates (subject to hydrolysis) is 1. The predicted octanol–water partition coefficient (Wildman–Crippen LogP) is 2.82. The fourth-order valence-corrected chi connectivity index (χ4v) is 2.07. The molecule has 116 valence electrons. The second kappa shape index (κ2) is 6.61. The highest BCUT2D eigenvalue weighted by atomic mass is 16.6. The molecule has 0 saturated heterocycles. The average molecular weight is 293 g/mol. The molecule has 1 aromatic carbocycles. The molecule has 0 aliphatic heterocycles. The third-order valence-electron chi connectivity index (χ3n) is 2.71. The molecule has 5 nitrogen and oxygen atoms in total. The summed E-state index contributed by atoms with van der Waals surface area (Å²) in [6.45, 7) is 9.09. The Bertz CT molecular complexity index is 511. The Balaban J connectivity index is 2.78. The van der Waals surface area contributed by atoms with Crippen molar-refractivity contribution >= 4 is 12.1 Å². The molecule has 0 aliphatic carbocycles. The number of hydrogen-bond acceptors (Lipinski definition) is 3. The molecule has 1 unspecified atom stereocenters. The molecule has 2 N–H and O–H groups in total. The minimum Gasteiger partial charge on any atom is -0.480 e. The summed E-state index contributed by atoms with van der Waals surface area (Å²) in [6.07, 6.45) is -0.504. The van der Waals surface area contributed by atoms with E-state index >= 15 is 0 Å². The van der Waals surface area contributed by atoms with Gasteiger partial charge in [0.05, 0.1) is 0 Å². The van der Waals surface area contributed by atoms with Gasteiger partial charge >= 0.3 is 12.1 Å². The van der Waals surface area contributed by atoms with Gasteiger partial charge in [-0.2, -0.15) is 0 Å². The van der Waals surface area contributed by atoms with Gasteiger partial charge in [-0.1, -0.05) is 29.3 Å². The van der Waals surface area contributed by atoms with E-state index in [1.165, 1.54) is 0 Å². The van der Waals surface area contributed by atoms with E-state index in [1.807, 2.05) is 32.0 Å². The average Bonchev–Trinajstić information content (AvgIpc) is 2.23. The number of carbonyl (C=O) groups excluding carboxylic acids is 1. The Morgan fingerprint density at radius 3 is 2.14 bits per heavy atom. The van der Waals surface area contributed by atoms with Crippen LogP contribution in [-0.4, -0.2) is 28.8 Å². The van der Waals surface area contributed by atoms with Gasteiger partial charge in [0.15, 0.2) is 0 Å². The van der Waals surface area contributed by atoms with Gasteiger partial charge in [-0.25, -0.2) is 9.59 Å². The zero-order chi connectivity index (χ0) is 16.2. The number of carboxylic acid groups (broad SMARTS) is 1. The van der Waals surface area contributed by atoms with E-state index in [4.69, 9.17) is 4.74 Å². The zero-order valence-corrected chi connectivity index (χ0v) is 13.2. The van der Waals surface area contributed by atoms with E-state index in [9.17, 15) is 14.7 Å². The standard InChI is InChI=1S/C16H23NO4/c1-10-6-11(2)8-12(7-10)9-13(14(18)19)17-15(20)21-16(3,4)5/h6-8,13H,9H2,1-5H3,(H,17,20)(H,18,19). The number of carboxylic acids is 1. The molecule has 0 spiro atoms. The molecule has 1 atom stereocenters. The lowest BCUT2D eigenvalue weighted by molar-refractivity contribution is -0.139. The maximum absolute atomic E-state index is 11.7. The molecule has 1 amide bonds. The van der Waals surface area contributed by atoms with Crippen LogP contribution in [0.25, 0.3) is 0 Å². The summed E-state index contributed by atoms with van der Waals surface area (Å²) < 4.78 is 5.09. The van der Waals surface area contributed by atoms with Crippen molar-refractivity contribution in [1.82, 2.24) is 5.32 Å². The monoisotopic (exact) mass is 293 g/mol. The highest BCUT2D eigenvalue weighted by Crippen LogP contribution is 2.12. The van der Waals surface area contributed by atoms with Crippen molar-refractivity contribution < 1.29 is 19.4 Å². The fraction of sp³-hybridized carbons (Fsp3) is 0.500. The summed E-state index contributed by atoms with van der Waals surface area (Å²) in [6, 6.07) is 4.83. The zero-order valence-electron chi connectivity index (χ0n) is 13.2. The van der Waals surface area contributed by atoms with Gasteiger partial charge in [-0.3, -0.25) is 0 Å². The molecule has 0 fully saturated rings. The van der Waals surface area contributed by atoms with Crippen LogP contribution in [0.15, 0.2) is 18.2 Å². The van der Waals surface area contributed by atoms with Gasteiger partial charge < -0.3 is 15.2 Å². The van der Waals surface area contributed by atoms with Crippen molar-refractivity contribution in [1.29, 1.82) is 0 Å². The summed E-state index contributed by atoms with van der Waals surface area (Å²) >= 11 is 0. The molecule has 0 aromatic heterocycles. The lowest BCUT2D eigenvalue weighted by Gasteiger charge is -2.22. The first-order valence-corrected chi connectivity index (χ1v) is 6.86. The number of rotatable bonds is 4. The largest absolute Gasteiger partial charge is 0.480 e. The van der Waals surface area contributed by atoms with Gasteiger partial charge in [0.2, 0.25) is 0 Å². The SMILES string of the molecule is Cc1cc(C)cc(CC(NC(=O)OC(C)(C)C)C(=O)O)c1. The number of aryl methyl sites for hydroxylation is 2. The molecule has 21 heavy (non-hydrogen) atoms. The maximum atomic E-state index is 11.7. The summed E-state index contributed by atoms with van der Waals surface area (Å²) in [5.41, 5.74) is 2.33. The van der Waals surface area contributed by atoms with Gasteiger partial charge in [0.25, 0.3) is 0 Å². The van der Waals surface area contributed by atoms with Crippen LogP contribution < -0.4 is 5.32 Å². The molecule has 0 saturated carbocycles. The lowest BCUT2D eigenvalue weighted by atomic mass is 10.0. The first-order chi connectivity index (χ1) is 9.56. The molecular formula is C16H23NO4. The van der Waals surface area contributed by atoms with Gasteiger partial charge in [-0.15, -0.1) is 0 Å². The predicted molar refractivity (Wildman–Crippen MR) is 80.4 cm³/mol. The Kier molecular flexibility index (Phi) is 5.35. The van der Waals surface area contributed by atoms with Crippen LogP contribution in [-0.2, 0) is 16.0 Å². The smallest absolute Gasteiger partial charge is 0.408 e. The Hall–Kier alpha value is -2.04. The topological polar surface area (TPSA) is 75.6 Å². The first kappa shape index (κ1) is 17.0. The summed E-state index contributed by atoms with van der Waals surface area (Å²) in [5.74, 6) is -1.08. The number of amides is 1. The third-order valence-corrected chi connectivity index (χ3v) is 2.71. The van der Waals surface area contributed by atoms with Gasteiger partial charge in [0, 0.05) is 6.42 Å². The van der Waals surface area contributed by atoms with Crippen molar-refractivity contribution in [3.63, 3.8) is 0 Å². The molecule has 0 bridgehead atoms. The van der Waals surface area contributed by atoms with Crippen LogP contribution in [0.5, 0.6) is 0 Å². The van der Waals surface area contributed by atoms with E-state index in [0.717, 1.165) is 16.7 Å². The van der Waals surface area contributed by atoms with Crippen LogP contribution in [0.4, 0.5) is 4.79 Å². The number of benzene rings is 1. The van der Waals surface area contributed by atoms with Crippen molar-refractivity contribution in [2.45, 2.75) is 52.7 Å². The summed E-state index contributed by atoms with van der Waals surface area (Å²) in [5, 5.41) is 11.6. The lowest BCUT2D eigenvalue weighted by Crippen LogP contribution is -2.44. The minimum absolute atomic E-state index is 0.219. The summed E-state index contributed by atoms with van der Waals surface area (Å²) in [4.78, 5) is 23.0. The molecule has 1 aromatic rings. The number of aliphatic carboxylic acids is 1. The molecular weight excluding hydrogens is 270 g/mol. The Morgan fingerprint density at radius 1 is 1.19 bits per heavy atom. The van der Waals surface area contributed by atoms with Crippen molar-refractivity contribution in [2.24, 2.45) is 0 Å². The van der Waals surface area contributed by atoms with Crippen LogP contribution in [0.1, 0.15) is 37.5 Å². The van der Waals surface area contributed by atoms with E-state index in [-0.39, 0.29) is 6.42 Å². The van der Waals surface area contributed by atoms with E-state index in [2.05, 4.69) is 5.32 Å². The molecule has 0 heterocycles. The number of carbonyl (C=O) groups is 2. The first-order valence-electron chi connectivity index (χ1n) is 6.86. The van der Waals surface area contributed by atoms with Gasteiger partial charge in [-0.05, 0) is 40.2 Å².